The summed E-state index contributed by atoms with van der Waals surface area (Å²) in [6, 6.07) is 16.2. The standard InChI is InChI=1S/C23H24ClNO3S/c1-2-28-19-10-9-17(24)13-18(19)22(25-11-5-7-16(14-25)23(26)27)21-12-15-6-3-4-8-20(15)29-21/h3-4,6,8-10,12-13,16,22H,2,5,7,11,14H2,1H3,(H,26,27). The highest BCUT2D eigenvalue weighted by atomic mass is 35.5. The van der Waals surface area contributed by atoms with Crippen LogP contribution in [0.25, 0.3) is 10.1 Å². The van der Waals surface area contributed by atoms with E-state index in [0.29, 0.717) is 18.2 Å². The molecule has 0 amide bonds. The van der Waals surface area contributed by atoms with E-state index in [-0.39, 0.29) is 12.0 Å². The summed E-state index contributed by atoms with van der Waals surface area (Å²) in [6.07, 6.45) is 1.59. The predicted octanol–water partition coefficient (Wildman–Crippen LogP) is 5.84. The Morgan fingerprint density at radius 3 is 2.90 bits per heavy atom. The van der Waals surface area contributed by atoms with Gasteiger partial charge in [-0.05, 0) is 62.0 Å². The molecule has 0 radical (unpaired) electrons. The number of benzene rings is 2. The summed E-state index contributed by atoms with van der Waals surface area (Å²) in [4.78, 5) is 15.2. The summed E-state index contributed by atoms with van der Waals surface area (Å²) in [5.74, 6) is -0.270. The van der Waals surface area contributed by atoms with Crippen molar-refractivity contribution in [2.45, 2.75) is 25.8 Å². The fraction of sp³-hybridized carbons (Fsp3) is 0.348. The molecule has 29 heavy (non-hydrogen) atoms. The van der Waals surface area contributed by atoms with Crippen molar-refractivity contribution in [3.8, 4) is 5.75 Å². The maximum atomic E-state index is 11.7. The van der Waals surface area contributed by atoms with Crippen LogP contribution in [0.15, 0.2) is 48.5 Å². The van der Waals surface area contributed by atoms with Gasteiger partial charge in [-0.3, -0.25) is 9.69 Å². The summed E-state index contributed by atoms with van der Waals surface area (Å²) >= 11 is 8.13. The summed E-state index contributed by atoms with van der Waals surface area (Å²) in [5.41, 5.74) is 0.997. The molecule has 1 fully saturated rings. The Kier molecular flexibility index (Phi) is 6.09. The first-order chi connectivity index (χ1) is 14.1. The Morgan fingerprint density at radius 2 is 2.14 bits per heavy atom. The topological polar surface area (TPSA) is 49.8 Å². The molecule has 3 aromatic rings. The van der Waals surface area contributed by atoms with Gasteiger partial charge in [0, 0.05) is 26.7 Å². The van der Waals surface area contributed by atoms with Crippen LogP contribution >= 0.6 is 22.9 Å². The Morgan fingerprint density at radius 1 is 1.31 bits per heavy atom. The number of likely N-dealkylation sites (tertiary alicyclic amines) is 1. The molecule has 0 aliphatic carbocycles. The van der Waals surface area contributed by atoms with Gasteiger partial charge < -0.3 is 9.84 Å². The number of piperidine rings is 1. The molecule has 2 aromatic carbocycles. The SMILES string of the molecule is CCOc1ccc(Cl)cc1C(c1cc2ccccc2s1)N1CCCC(C(=O)O)C1. The van der Waals surface area contributed by atoms with Crippen molar-refractivity contribution in [2.75, 3.05) is 19.7 Å². The lowest BCUT2D eigenvalue weighted by Gasteiger charge is -2.37. The first-order valence-corrected chi connectivity index (χ1v) is 11.1. The Labute approximate surface area is 179 Å². The molecule has 0 spiro atoms. The highest BCUT2D eigenvalue weighted by molar-refractivity contribution is 7.19. The molecule has 4 nitrogen and oxygen atoms in total. The van der Waals surface area contributed by atoms with E-state index in [1.807, 2.05) is 37.3 Å². The number of carbonyl (C=O) groups is 1. The zero-order valence-corrected chi connectivity index (χ0v) is 17.9. The second kappa shape index (κ2) is 8.74. The van der Waals surface area contributed by atoms with Crippen LogP contribution in [-0.2, 0) is 4.79 Å². The highest BCUT2D eigenvalue weighted by Crippen LogP contribution is 2.42. The van der Waals surface area contributed by atoms with E-state index < -0.39 is 5.97 Å². The van der Waals surface area contributed by atoms with Crippen molar-refractivity contribution < 1.29 is 14.6 Å². The van der Waals surface area contributed by atoms with Crippen LogP contribution in [0, 0.1) is 5.92 Å². The molecule has 1 aliphatic heterocycles. The lowest BCUT2D eigenvalue weighted by Crippen LogP contribution is -2.41. The molecule has 0 saturated carbocycles. The van der Waals surface area contributed by atoms with Crippen molar-refractivity contribution >= 4 is 39.0 Å². The van der Waals surface area contributed by atoms with Crippen LogP contribution in [0.5, 0.6) is 5.75 Å². The second-order valence-corrected chi connectivity index (χ2v) is 8.93. The average molecular weight is 430 g/mol. The number of hydrogen-bond acceptors (Lipinski definition) is 4. The van der Waals surface area contributed by atoms with Crippen LogP contribution in [0.3, 0.4) is 0 Å². The number of fused-ring (bicyclic) bond motifs is 1. The van der Waals surface area contributed by atoms with E-state index in [1.165, 1.54) is 15.0 Å². The number of ether oxygens (including phenoxy) is 1. The minimum atomic E-state index is -0.721. The quantitative estimate of drug-likeness (QED) is 0.534. The molecule has 2 atom stereocenters. The van der Waals surface area contributed by atoms with Gasteiger partial charge >= 0.3 is 5.97 Å². The fourth-order valence-electron chi connectivity index (χ4n) is 4.13. The van der Waals surface area contributed by atoms with Crippen LogP contribution in [0.1, 0.15) is 36.2 Å². The molecule has 4 rings (SSSR count). The number of aliphatic carboxylic acids is 1. The number of halogens is 1. The van der Waals surface area contributed by atoms with E-state index in [4.69, 9.17) is 16.3 Å². The van der Waals surface area contributed by atoms with Crippen LogP contribution in [-0.4, -0.2) is 35.7 Å². The number of hydrogen-bond donors (Lipinski definition) is 1. The smallest absolute Gasteiger partial charge is 0.307 e. The van der Waals surface area contributed by atoms with E-state index >= 15 is 0 Å². The Balaban J connectivity index is 1.83. The molecule has 6 heteroatoms. The normalized spacial score (nSPS) is 18.6. The largest absolute Gasteiger partial charge is 0.494 e. The van der Waals surface area contributed by atoms with E-state index in [0.717, 1.165) is 30.7 Å². The van der Waals surface area contributed by atoms with E-state index in [2.05, 4.69) is 23.1 Å². The van der Waals surface area contributed by atoms with Crippen LogP contribution in [0.2, 0.25) is 5.02 Å². The third-order valence-corrected chi connectivity index (χ3v) is 6.85. The summed E-state index contributed by atoms with van der Waals surface area (Å²) in [6.45, 7) is 3.90. The van der Waals surface area contributed by atoms with Crippen LogP contribution < -0.4 is 4.74 Å². The molecular formula is C23H24ClNO3S. The number of nitrogens with zero attached hydrogens (tertiary/aromatic N) is 1. The summed E-state index contributed by atoms with van der Waals surface area (Å²) in [7, 11) is 0. The number of thiophene rings is 1. The van der Waals surface area contributed by atoms with Crippen molar-refractivity contribution in [1.29, 1.82) is 0 Å². The average Bonchev–Trinajstić information content (AvgIpc) is 3.14. The van der Waals surface area contributed by atoms with Crippen molar-refractivity contribution in [2.24, 2.45) is 5.92 Å². The first kappa shape index (κ1) is 20.2. The van der Waals surface area contributed by atoms with Crippen molar-refractivity contribution in [3.63, 3.8) is 0 Å². The Bertz CT molecular complexity index is 985. The predicted molar refractivity (Wildman–Crippen MR) is 118 cm³/mol. The van der Waals surface area contributed by atoms with Gasteiger partial charge in [0.15, 0.2) is 0 Å². The number of carboxylic acid groups (broad SMARTS) is 1. The first-order valence-electron chi connectivity index (χ1n) is 9.94. The van der Waals surface area contributed by atoms with Gasteiger partial charge in [-0.25, -0.2) is 0 Å². The zero-order chi connectivity index (χ0) is 20.4. The molecular weight excluding hydrogens is 406 g/mol. The van der Waals surface area contributed by atoms with Crippen molar-refractivity contribution in [3.05, 3.63) is 64.0 Å². The number of rotatable bonds is 6. The lowest BCUT2D eigenvalue weighted by molar-refractivity contribution is -0.143. The minimum absolute atomic E-state index is 0.0881. The third-order valence-electron chi connectivity index (χ3n) is 5.45. The van der Waals surface area contributed by atoms with Crippen molar-refractivity contribution in [1.82, 2.24) is 4.90 Å². The Hall–Kier alpha value is -2.08. The van der Waals surface area contributed by atoms with Gasteiger partial charge in [0.05, 0.1) is 18.6 Å². The zero-order valence-electron chi connectivity index (χ0n) is 16.3. The van der Waals surface area contributed by atoms with E-state index in [1.54, 1.807) is 11.3 Å². The minimum Gasteiger partial charge on any atom is -0.494 e. The molecule has 2 unspecified atom stereocenters. The third kappa shape index (κ3) is 4.27. The lowest BCUT2D eigenvalue weighted by atomic mass is 9.93. The van der Waals surface area contributed by atoms with Gasteiger partial charge in [-0.1, -0.05) is 29.8 Å². The summed E-state index contributed by atoms with van der Waals surface area (Å²) < 4.78 is 7.16. The van der Waals surface area contributed by atoms with Gasteiger partial charge in [-0.2, -0.15) is 0 Å². The van der Waals surface area contributed by atoms with Gasteiger partial charge in [0.1, 0.15) is 5.75 Å². The second-order valence-electron chi connectivity index (χ2n) is 7.38. The summed E-state index contributed by atoms with van der Waals surface area (Å²) in [5, 5.41) is 11.5. The molecule has 1 N–H and O–H groups in total. The van der Waals surface area contributed by atoms with Gasteiger partial charge in [-0.15, -0.1) is 11.3 Å². The van der Waals surface area contributed by atoms with Gasteiger partial charge in [0.25, 0.3) is 0 Å². The molecule has 152 valence electrons. The fourth-order valence-corrected chi connectivity index (χ4v) is 5.53. The molecule has 2 heterocycles. The maximum Gasteiger partial charge on any atom is 0.307 e. The van der Waals surface area contributed by atoms with Gasteiger partial charge in [0.2, 0.25) is 0 Å². The number of carboxylic acids is 1. The van der Waals surface area contributed by atoms with E-state index in [9.17, 15) is 9.90 Å². The maximum absolute atomic E-state index is 11.7. The molecule has 0 bridgehead atoms. The molecule has 1 saturated heterocycles. The molecule has 1 aromatic heterocycles. The highest BCUT2D eigenvalue weighted by Gasteiger charge is 2.33. The monoisotopic (exact) mass is 429 g/mol. The van der Waals surface area contributed by atoms with Crippen LogP contribution in [0.4, 0.5) is 0 Å². The molecule has 1 aliphatic rings.